The fourth-order valence-corrected chi connectivity index (χ4v) is 3.39. The van der Waals surface area contributed by atoms with Gasteiger partial charge in [-0.3, -0.25) is 4.79 Å². The second-order valence-corrected chi connectivity index (χ2v) is 5.35. The Bertz CT molecular complexity index is 471. The van der Waals surface area contributed by atoms with E-state index in [2.05, 4.69) is 0 Å². The summed E-state index contributed by atoms with van der Waals surface area (Å²) in [4.78, 5) is 12.3. The average Bonchev–Trinajstić information content (AvgIpc) is 3.12. The van der Waals surface area contributed by atoms with E-state index < -0.39 is 5.82 Å². The molecule has 2 unspecified atom stereocenters. The second kappa shape index (κ2) is 4.38. The summed E-state index contributed by atoms with van der Waals surface area (Å²) in [6, 6.07) is 4.52. The fraction of sp³-hybridized carbons (Fsp3) is 0.533. The highest BCUT2D eigenvalue weighted by atomic mass is 19.1. The van der Waals surface area contributed by atoms with Gasteiger partial charge in [-0.25, -0.2) is 4.39 Å². The Morgan fingerprint density at radius 1 is 1.28 bits per heavy atom. The summed E-state index contributed by atoms with van der Waals surface area (Å²) < 4.78 is 18.5. The maximum Gasteiger partial charge on any atom is 0.166 e. The molecule has 2 fully saturated rings. The summed E-state index contributed by atoms with van der Waals surface area (Å²) in [5, 5.41) is 0. The molecule has 2 aliphatic carbocycles. The number of hydrogen-bond donors (Lipinski definition) is 0. The molecule has 18 heavy (non-hydrogen) atoms. The highest BCUT2D eigenvalue weighted by Gasteiger charge is 2.54. The first-order valence-corrected chi connectivity index (χ1v) is 6.60. The van der Waals surface area contributed by atoms with E-state index in [1.165, 1.54) is 44.9 Å². The van der Waals surface area contributed by atoms with E-state index >= 15 is 0 Å². The van der Waals surface area contributed by atoms with Crippen LogP contribution in [0.1, 0.15) is 36.0 Å². The molecule has 0 spiro atoms. The van der Waals surface area contributed by atoms with Gasteiger partial charge in [0.1, 0.15) is 0 Å². The lowest BCUT2D eigenvalue weighted by Gasteiger charge is -2.04. The summed E-state index contributed by atoms with van der Waals surface area (Å²) in [5.41, 5.74) is 0.493. The van der Waals surface area contributed by atoms with Crippen LogP contribution in [0.25, 0.3) is 0 Å². The van der Waals surface area contributed by atoms with Crippen LogP contribution >= 0.6 is 0 Å². The van der Waals surface area contributed by atoms with Crippen LogP contribution in [0.3, 0.4) is 0 Å². The first kappa shape index (κ1) is 11.7. The quantitative estimate of drug-likeness (QED) is 0.766. The Hall–Kier alpha value is -1.38. The average molecular weight is 248 g/mol. The Labute approximate surface area is 106 Å². The molecule has 96 valence electrons. The molecule has 2 aliphatic rings. The number of Topliss-reactive ketones (excluding diaryl/α,β-unsaturated/α-hetero) is 1. The summed E-state index contributed by atoms with van der Waals surface area (Å²) in [6.07, 6.45) is 4.81. The van der Waals surface area contributed by atoms with Crippen LogP contribution in [0.2, 0.25) is 0 Å². The van der Waals surface area contributed by atoms with Gasteiger partial charge < -0.3 is 4.74 Å². The van der Waals surface area contributed by atoms with Crippen LogP contribution in [0.5, 0.6) is 5.75 Å². The van der Waals surface area contributed by atoms with Crippen molar-refractivity contribution in [3.8, 4) is 5.75 Å². The van der Waals surface area contributed by atoms with Gasteiger partial charge in [0.2, 0.25) is 0 Å². The summed E-state index contributed by atoms with van der Waals surface area (Å²) >= 11 is 0. The molecule has 0 saturated heterocycles. The van der Waals surface area contributed by atoms with E-state index in [1.807, 2.05) is 0 Å². The van der Waals surface area contributed by atoms with Gasteiger partial charge in [0.15, 0.2) is 17.3 Å². The zero-order valence-electron chi connectivity index (χ0n) is 10.5. The molecule has 0 amide bonds. The minimum absolute atomic E-state index is 0.119. The normalized spacial score (nSPS) is 29.6. The summed E-state index contributed by atoms with van der Waals surface area (Å²) in [7, 11) is 1.43. The number of rotatable bonds is 3. The molecule has 0 bridgehead atoms. The van der Waals surface area contributed by atoms with E-state index in [0.29, 0.717) is 17.4 Å². The van der Waals surface area contributed by atoms with Crippen molar-refractivity contribution in [1.82, 2.24) is 0 Å². The van der Waals surface area contributed by atoms with Gasteiger partial charge >= 0.3 is 0 Å². The van der Waals surface area contributed by atoms with E-state index in [-0.39, 0.29) is 17.5 Å². The molecular formula is C15H17FO2. The fourth-order valence-electron chi connectivity index (χ4n) is 3.39. The molecule has 0 N–H and O–H groups in total. The lowest BCUT2D eigenvalue weighted by atomic mass is 10.0. The van der Waals surface area contributed by atoms with E-state index in [0.717, 1.165) is 0 Å². The minimum atomic E-state index is -0.452. The predicted molar refractivity (Wildman–Crippen MR) is 66.2 cm³/mol. The lowest BCUT2D eigenvalue weighted by Crippen LogP contribution is -2.05. The highest BCUT2D eigenvalue weighted by molar-refractivity contribution is 6.00. The first-order chi connectivity index (χ1) is 8.72. The molecule has 1 aromatic rings. The van der Waals surface area contributed by atoms with Gasteiger partial charge in [-0.15, -0.1) is 0 Å². The van der Waals surface area contributed by atoms with Crippen LogP contribution in [-0.2, 0) is 0 Å². The molecule has 0 aliphatic heterocycles. The van der Waals surface area contributed by atoms with Crippen molar-refractivity contribution >= 4 is 5.78 Å². The Balaban J connectivity index is 1.79. The second-order valence-electron chi connectivity index (χ2n) is 5.35. The third-order valence-electron chi connectivity index (χ3n) is 4.40. The monoisotopic (exact) mass is 248 g/mol. The molecule has 0 aromatic heterocycles. The topological polar surface area (TPSA) is 26.3 Å². The lowest BCUT2D eigenvalue weighted by molar-refractivity contribution is 0.0956. The highest BCUT2D eigenvalue weighted by Crippen LogP contribution is 2.56. The van der Waals surface area contributed by atoms with Gasteiger partial charge in [-0.2, -0.15) is 0 Å². The Kier molecular flexibility index (Phi) is 2.84. The van der Waals surface area contributed by atoms with E-state index in [4.69, 9.17) is 4.74 Å². The summed E-state index contributed by atoms with van der Waals surface area (Å²) in [5.74, 6) is 1.15. The minimum Gasteiger partial charge on any atom is -0.494 e. The van der Waals surface area contributed by atoms with Gasteiger partial charge in [-0.05, 0) is 42.9 Å². The molecule has 3 rings (SSSR count). The van der Waals surface area contributed by atoms with Crippen LogP contribution in [0, 0.1) is 23.6 Å². The van der Waals surface area contributed by atoms with Crippen molar-refractivity contribution in [2.24, 2.45) is 17.8 Å². The maximum atomic E-state index is 13.6. The van der Waals surface area contributed by atoms with Crippen molar-refractivity contribution in [1.29, 1.82) is 0 Å². The maximum absolute atomic E-state index is 13.6. The number of benzene rings is 1. The first-order valence-electron chi connectivity index (χ1n) is 6.60. The SMILES string of the molecule is COc1ccc(C(=O)C2C3CCCCC32)cc1F. The number of ether oxygens (including phenoxy) is 1. The zero-order chi connectivity index (χ0) is 12.7. The van der Waals surface area contributed by atoms with Crippen LogP contribution in [0.4, 0.5) is 4.39 Å². The van der Waals surface area contributed by atoms with Crippen LogP contribution in [-0.4, -0.2) is 12.9 Å². The third-order valence-corrected chi connectivity index (χ3v) is 4.40. The largest absolute Gasteiger partial charge is 0.494 e. The van der Waals surface area contributed by atoms with Crippen LogP contribution < -0.4 is 4.74 Å². The molecule has 2 nitrogen and oxygen atoms in total. The van der Waals surface area contributed by atoms with Crippen molar-refractivity contribution in [2.75, 3.05) is 7.11 Å². The molecule has 0 heterocycles. The van der Waals surface area contributed by atoms with Gasteiger partial charge in [0.25, 0.3) is 0 Å². The van der Waals surface area contributed by atoms with Crippen molar-refractivity contribution < 1.29 is 13.9 Å². The van der Waals surface area contributed by atoms with E-state index in [9.17, 15) is 9.18 Å². The predicted octanol–water partition coefficient (Wildman–Crippen LogP) is 3.45. The van der Waals surface area contributed by atoms with Gasteiger partial charge in [0, 0.05) is 11.5 Å². The Morgan fingerprint density at radius 2 is 1.94 bits per heavy atom. The van der Waals surface area contributed by atoms with Crippen molar-refractivity contribution in [3.63, 3.8) is 0 Å². The molecule has 3 heteroatoms. The van der Waals surface area contributed by atoms with Gasteiger partial charge in [0.05, 0.1) is 7.11 Å². The Morgan fingerprint density at radius 3 is 2.50 bits per heavy atom. The smallest absolute Gasteiger partial charge is 0.166 e. The van der Waals surface area contributed by atoms with E-state index in [1.54, 1.807) is 6.07 Å². The zero-order valence-corrected chi connectivity index (χ0v) is 10.5. The molecule has 2 atom stereocenters. The van der Waals surface area contributed by atoms with Crippen LogP contribution in [0.15, 0.2) is 18.2 Å². The number of carbonyl (C=O) groups is 1. The molecule has 0 radical (unpaired) electrons. The van der Waals surface area contributed by atoms with Crippen molar-refractivity contribution in [2.45, 2.75) is 25.7 Å². The molecule has 1 aromatic carbocycles. The third kappa shape index (κ3) is 1.82. The van der Waals surface area contributed by atoms with Crippen molar-refractivity contribution in [3.05, 3.63) is 29.6 Å². The number of fused-ring (bicyclic) bond motifs is 1. The number of hydrogen-bond acceptors (Lipinski definition) is 2. The molecular weight excluding hydrogens is 231 g/mol. The number of carbonyl (C=O) groups excluding carboxylic acids is 1. The standard InChI is InChI=1S/C15H17FO2/c1-18-13-7-6-9(8-12(13)16)15(17)14-10-4-2-3-5-11(10)14/h6-8,10-11,14H,2-5H2,1H3. The summed E-state index contributed by atoms with van der Waals surface area (Å²) in [6.45, 7) is 0. The number of ketones is 1. The molecule has 2 saturated carbocycles. The number of methoxy groups -OCH3 is 1. The van der Waals surface area contributed by atoms with Gasteiger partial charge in [-0.1, -0.05) is 12.8 Å². The number of halogens is 1.